The molecule has 3 amide bonds. The molecule has 1 atom stereocenters. The molecule has 2 rings (SSSR count). The minimum atomic E-state index is -0.179. The molecule has 0 aliphatic carbocycles. The zero-order valence-electron chi connectivity index (χ0n) is 14.5. The molecule has 1 aliphatic rings. The topological polar surface area (TPSA) is 64.7 Å². The van der Waals surface area contributed by atoms with Crippen LogP contribution >= 0.6 is 23.2 Å². The van der Waals surface area contributed by atoms with Gasteiger partial charge in [-0.3, -0.25) is 9.69 Å². The molecular weight excluding hydrogens is 363 g/mol. The van der Waals surface area contributed by atoms with Gasteiger partial charge in [-0.1, -0.05) is 30.1 Å². The van der Waals surface area contributed by atoms with E-state index in [1.54, 1.807) is 23.1 Å². The molecule has 25 heavy (non-hydrogen) atoms. The number of urea groups is 1. The van der Waals surface area contributed by atoms with Crippen LogP contribution in [-0.2, 0) is 4.79 Å². The number of carbonyl (C=O) groups is 2. The Labute approximate surface area is 158 Å². The summed E-state index contributed by atoms with van der Waals surface area (Å²) in [6.07, 6.45) is 0.911. The number of piperazine rings is 1. The van der Waals surface area contributed by atoms with Crippen molar-refractivity contribution in [3.05, 3.63) is 28.2 Å². The third kappa shape index (κ3) is 6.06. The van der Waals surface area contributed by atoms with Crippen LogP contribution in [0.25, 0.3) is 0 Å². The van der Waals surface area contributed by atoms with E-state index in [9.17, 15) is 9.59 Å². The van der Waals surface area contributed by atoms with Crippen molar-refractivity contribution in [1.29, 1.82) is 0 Å². The minimum Gasteiger partial charge on any atom is -0.353 e. The van der Waals surface area contributed by atoms with E-state index in [4.69, 9.17) is 23.2 Å². The molecule has 138 valence electrons. The molecule has 1 aromatic rings. The summed E-state index contributed by atoms with van der Waals surface area (Å²) in [4.78, 5) is 28.0. The Bertz CT molecular complexity index is 619. The summed E-state index contributed by atoms with van der Waals surface area (Å²) >= 11 is 11.8. The maximum Gasteiger partial charge on any atom is 0.321 e. The fraction of sp³-hybridized carbons (Fsp3) is 0.529. The van der Waals surface area contributed by atoms with Gasteiger partial charge >= 0.3 is 6.03 Å². The second-order valence-corrected chi connectivity index (χ2v) is 7.01. The number of nitrogens with one attached hydrogen (secondary N) is 2. The van der Waals surface area contributed by atoms with Crippen molar-refractivity contribution in [2.24, 2.45) is 0 Å². The van der Waals surface area contributed by atoms with E-state index in [0.717, 1.165) is 6.42 Å². The predicted molar refractivity (Wildman–Crippen MR) is 101 cm³/mol. The van der Waals surface area contributed by atoms with Gasteiger partial charge in [0.05, 0.1) is 16.6 Å². The first-order valence-electron chi connectivity index (χ1n) is 8.41. The van der Waals surface area contributed by atoms with Gasteiger partial charge in [-0.15, -0.1) is 0 Å². The normalized spacial score (nSPS) is 16.4. The van der Waals surface area contributed by atoms with Crippen LogP contribution in [0.2, 0.25) is 10.0 Å². The standard InChI is InChI=1S/C17H24Cl2N4O2/c1-3-12(2)20-16(24)11-22-6-8-23(9-7-22)17(25)21-13-4-5-14(18)15(19)10-13/h4-5,10,12H,3,6-9,11H2,1-2H3,(H,20,24)(H,21,25). The number of nitrogens with zero attached hydrogens (tertiary/aromatic N) is 2. The third-order valence-electron chi connectivity index (χ3n) is 4.22. The molecule has 1 aromatic carbocycles. The second-order valence-electron chi connectivity index (χ2n) is 6.20. The van der Waals surface area contributed by atoms with Gasteiger partial charge in [-0.2, -0.15) is 0 Å². The van der Waals surface area contributed by atoms with Crippen molar-refractivity contribution in [3.63, 3.8) is 0 Å². The SMILES string of the molecule is CCC(C)NC(=O)CN1CCN(C(=O)Nc2ccc(Cl)c(Cl)c2)CC1. The fourth-order valence-electron chi connectivity index (χ4n) is 2.51. The highest BCUT2D eigenvalue weighted by Gasteiger charge is 2.22. The van der Waals surface area contributed by atoms with Crippen molar-refractivity contribution in [1.82, 2.24) is 15.1 Å². The van der Waals surface area contributed by atoms with E-state index >= 15 is 0 Å². The molecule has 6 nitrogen and oxygen atoms in total. The largest absolute Gasteiger partial charge is 0.353 e. The average molecular weight is 387 g/mol. The maximum absolute atomic E-state index is 12.3. The van der Waals surface area contributed by atoms with Crippen molar-refractivity contribution < 1.29 is 9.59 Å². The highest BCUT2D eigenvalue weighted by molar-refractivity contribution is 6.42. The summed E-state index contributed by atoms with van der Waals surface area (Å²) in [5.41, 5.74) is 0.606. The van der Waals surface area contributed by atoms with E-state index < -0.39 is 0 Å². The van der Waals surface area contributed by atoms with Gasteiger partial charge in [0.15, 0.2) is 0 Å². The number of halogens is 2. The Kier molecular flexibility index (Phi) is 7.35. The van der Waals surface area contributed by atoms with Crippen LogP contribution in [0.1, 0.15) is 20.3 Å². The molecule has 0 bridgehead atoms. The van der Waals surface area contributed by atoms with Crippen molar-refractivity contribution in [2.75, 3.05) is 38.0 Å². The van der Waals surface area contributed by atoms with Crippen LogP contribution in [0.15, 0.2) is 18.2 Å². The number of anilines is 1. The predicted octanol–water partition coefficient (Wildman–Crippen LogP) is 3.06. The van der Waals surface area contributed by atoms with Crippen molar-refractivity contribution in [3.8, 4) is 0 Å². The van der Waals surface area contributed by atoms with Crippen LogP contribution < -0.4 is 10.6 Å². The van der Waals surface area contributed by atoms with Crippen LogP contribution in [0.5, 0.6) is 0 Å². The Morgan fingerprint density at radius 1 is 1.16 bits per heavy atom. The van der Waals surface area contributed by atoms with E-state index in [1.165, 1.54) is 0 Å². The molecular formula is C17H24Cl2N4O2. The number of carbonyl (C=O) groups excluding carboxylic acids is 2. The zero-order chi connectivity index (χ0) is 18.4. The summed E-state index contributed by atoms with van der Waals surface area (Å²) in [6.45, 7) is 6.88. The lowest BCUT2D eigenvalue weighted by Gasteiger charge is -2.34. The van der Waals surface area contributed by atoms with E-state index in [1.807, 2.05) is 13.8 Å². The molecule has 2 N–H and O–H groups in total. The highest BCUT2D eigenvalue weighted by Crippen LogP contribution is 2.25. The van der Waals surface area contributed by atoms with Gasteiger partial charge in [0, 0.05) is 37.9 Å². The molecule has 0 saturated carbocycles. The van der Waals surface area contributed by atoms with E-state index in [-0.39, 0.29) is 18.0 Å². The molecule has 1 aliphatic heterocycles. The molecule has 1 heterocycles. The highest BCUT2D eigenvalue weighted by atomic mass is 35.5. The molecule has 0 radical (unpaired) electrons. The quantitative estimate of drug-likeness (QED) is 0.816. The monoisotopic (exact) mass is 386 g/mol. The molecule has 1 fully saturated rings. The van der Waals surface area contributed by atoms with Gasteiger partial charge in [0.2, 0.25) is 5.91 Å². The lowest BCUT2D eigenvalue weighted by Crippen LogP contribution is -2.52. The Balaban J connectivity index is 1.78. The van der Waals surface area contributed by atoms with Gasteiger partial charge in [-0.05, 0) is 31.5 Å². The smallest absolute Gasteiger partial charge is 0.321 e. The van der Waals surface area contributed by atoms with Crippen molar-refractivity contribution in [2.45, 2.75) is 26.3 Å². The number of benzene rings is 1. The van der Waals surface area contributed by atoms with Crippen LogP contribution in [0.3, 0.4) is 0 Å². The summed E-state index contributed by atoms with van der Waals surface area (Å²) in [6, 6.07) is 4.99. The summed E-state index contributed by atoms with van der Waals surface area (Å²) in [7, 11) is 0. The van der Waals surface area contributed by atoms with Crippen LogP contribution in [0, 0.1) is 0 Å². The summed E-state index contributed by atoms with van der Waals surface area (Å²) in [5.74, 6) is 0.0306. The fourth-order valence-corrected chi connectivity index (χ4v) is 2.81. The van der Waals surface area contributed by atoms with Gasteiger partial charge in [0.25, 0.3) is 0 Å². The first-order valence-corrected chi connectivity index (χ1v) is 9.17. The first-order chi connectivity index (χ1) is 11.9. The third-order valence-corrected chi connectivity index (χ3v) is 4.96. The average Bonchev–Trinajstić information content (AvgIpc) is 2.58. The van der Waals surface area contributed by atoms with E-state index in [2.05, 4.69) is 15.5 Å². The van der Waals surface area contributed by atoms with Gasteiger partial charge in [0.1, 0.15) is 0 Å². The number of hydrogen-bond acceptors (Lipinski definition) is 3. The van der Waals surface area contributed by atoms with E-state index in [0.29, 0.717) is 48.5 Å². The Hall–Kier alpha value is -1.50. The number of hydrogen-bond donors (Lipinski definition) is 2. The zero-order valence-corrected chi connectivity index (χ0v) is 16.0. The van der Waals surface area contributed by atoms with Gasteiger partial charge in [-0.25, -0.2) is 4.79 Å². The lowest BCUT2D eigenvalue weighted by molar-refractivity contribution is -0.123. The first kappa shape index (κ1) is 19.8. The molecule has 0 spiro atoms. The molecule has 8 heteroatoms. The molecule has 1 saturated heterocycles. The lowest BCUT2D eigenvalue weighted by atomic mass is 10.2. The second kappa shape index (κ2) is 9.27. The van der Waals surface area contributed by atoms with Crippen LogP contribution in [0.4, 0.5) is 10.5 Å². The molecule has 0 aromatic heterocycles. The summed E-state index contributed by atoms with van der Waals surface area (Å²) < 4.78 is 0. The Morgan fingerprint density at radius 3 is 2.44 bits per heavy atom. The number of amides is 3. The Morgan fingerprint density at radius 2 is 1.84 bits per heavy atom. The number of rotatable bonds is 5. The molecule has 1 unspecified atom stereocenters. The van der Waals surface area contributed by atoms with Crippen LogP contribution in [-0.4, -0.2) is 60.5 Å². The summed E-state index contributed by atoms with van der Waals surface area (Å²) in [5, 5.41) is 6.62. The minimum absolute atomic E-state index is 0.0306. The van der Waals surface area contributed by atoms with Crippen molar-refractivity contribution >= 4 is 40.8 Å². The van der Waals surface area contributed by atoms with Gasteiger partial charge < -0.3 is 15.5 Å². The maximum atomic E-state index is 12.3.